The molecule has 0 atom stereocenters. The molecular weight excluding hydrogens is 258 g/mol. The second kappa shape index (κ2) is 6.01. The second-order valence-electron chi connectivity index (χ2n) is 4.04. The maximum absolute atomic E-state index is 11.5. The number of nitrogens with one attached hydrogen (secondary N) is 1. The molecule has 6 nitrogen and oxygen atoms in total. The number of aryl methyl sites for hydroxylation is 1. The molecule has 20 heavy (non-hydrogen) atoms. The highest BCUT2D eigenvalue weighted by molar-refractivity contribution is 5.87. The van der Waals surface area contributed by atoms with Gasteiger partial charge in [0.25, 0.3) is 0 Å². The van der Waals surface area contributed by atoms with Crippen LogP contribution in [-0.4, -0.2) is 30.2 Å². The Morgan fingerprint density at radius 1 is 1.20 bits per heavy atom. The number of para-hydroxylation sites is 2. The first kappa shape index (κ1) is 13.8. The molecule has 2 aromatic rings. The number of hydrogen-bond acceptors (Lipinski definition) is 6. The van der Waals surface area contributed by atoms with Gasteiger partial charge in [-0.25, -0.2) is 14.8 Å². The zero-order valence-corrected chi connectivity index (χ0v) is 11.5. The Labute approximate surface area is 116 Å². The summed E-state index contributed by atoms with van der Waals surface area (Å²) >= 11 is 0. The van der Waals surface area contributed by atoms with Gasteiger partial charge in [-0.1, -0.05) is 12.1 Å². The molecule has 2 rings (SSSR count). The molecule has 1 N–H and O–H groups in total. The van der Waals surface area contributed by atoms with Gasteiger partial charge in [0.1, 0.15) is 5.75 Å². The lowest BCUT2D eigenvalue weighted by Gasteiger charge is -2.10. The molecule has 6 heteroatoms. The Balaban J connectivity index is 2.34. The van der Waals surface area contributed by atoms with Crippen LogP contribution in [0.4, 0.5) is 11.6 Å². The van der Waals surface area contributed by atoms with Gasteiger partial charge in [-0.15, -0.1) is 0 Å². The Morgan fingerprint density at radius 2 is 1.95 bits per heavy atom. The van der Waals surface area contributed by atoms with E-state index >= 15 is 0 Å². The molecule has 0 bridgehead atoms. The van der Waals surface area contributed by atoms with E-state index in [4.69, 9.17) is 4.74 Å². The maximum Gasteiger partial charge on any atom is 0.356 e. The number of hydrogen-bond donors (Lipinski definition) is 1. The smallest absolute Gasteiger partial charge is 0.356 e. The van der Waals surface area contributed by atoms with Crippen LogP contribution in [0.25, 0.3) is 0 Å². The number of nitrogens with zero attached hydrogens (tertiary/aromatic N) is 2. The predicted octanol–water partition coefficient (Wildman–Crippen LogP) is 2.32. The monoisotopic (exact) mass is 273 g/mol. The summed E-state index contributed by atoms with van der Waals surface area (Å²) in [5.74, 6) is 0.478. The van der Waals surface area contributed by atoms with Crippen LogP contribution in [0, 0.1) is 6.92 Å². The minimum absolute atomic E-state index is 0.206. The summed E-state index contributed by atoms with van der Waals surface area (Å²) in [5.41, 5.74) is 1.59. The largest absolute Gasteiger partial charge is 0.495 e. The first-order valence-corrected chi connectivity index (χ1v) is 5.98. The molecule has 0 unspecified atom stereocenters. The molecule has 0 fully saturated rings. The number of carbonyl (C=O) groups is 1. The van der Waals surface area contributed by atoms with E-state index in [0.717, 1.165) is 5.69 Å². The van der Waals surface area contributed by atoms with E-state index in [1.54, 1.807) is 20.1 Å². The topological polar surface area (TPSA) is 73.3 Å². The van der Waals surface area contributed by atoms with Crippen molar-refractivity contribution in [3.63, 3.8) is 0 Å². The first-order valence-electron chi connectivity index (χ1n) is 5.98. The van der Waals surface area contributed by atoms with E-state index in [0.29, 0.717) is 17.4 Å². The molecule has 1 aromatic heterocycles. The van der Waals surface area contributed by atoms with Gasteiger partial charge in [0.05, 0.1) is 19.9 Å². The third kappa shape index (κ3) is 3.03. The molecule has 0 spiro atoms. The van der Waals surface area contributed by atoms with Gasteiger partial charge in [0, 0.05) is 5.69 Å². The van der Waals surface area contributed by atoms with Crippen molar-refractivity contribution in [1.29, 1.82) is 0 Å². The molecule has 0 aliphatic carbocycles. The Bertz CT molecular complexity index is 629. The fourth-order valence-corrected chi connectivity index (χ4v) is 1.70. The van der Waals surface area contributed by atoms with E-state index in [2.05, 4.69) is 20.0 Å². The summed E-state index contributed by atoms with van der Waals surface area (Å²) in [7, 11) is 2.89. The van der Waals surface area contributed by atoms with E-state index in [1.807, 2.05) is 24.3 Å². The number of ether oxygens (including phenoxy) is 2. The predicted molar refractivity (Wildman–Crippen MR) is 74.4 cm³/mol. The van der Waals surface area contributed by atoms with Crippen molar-refractivity contribution >= 4 is 17.6 Å². The van der Waals surface area contributed by atoms with Crippen molar-refractivity contribution in [2.24, 2.45) is 0 Å². The Hall–Kier alpha value is -2.63. The third-order valence-corrected chi connectivity index (χ3v) is 2.60. The summed E-state index contributed by atoms with van der Waals surface area (Å²) in [6.45, 7) is 1.78. The summed E-state index contributed by atoms with van der Waals surface area (Å²) in [6.07, 6.45) is 0. The summed E-state index contributed by atoms with van der Waals surface area (Å²) in [6, 6.07) is 8.95. The zero-order chi connectivity index (χ0) is 14.5. The van der Waals surface area contributed by atoms with Crippen molar-refractivity contribution in [1.82, 2.24) is 9.97 Å². The highest BCUT2D eigenvalue weighted by Gasteiger charge is 2.11. The van der Waals surface area contributed by atoms with Crippen molar-refractivity contribution in [2.45, 2.75) is 6.92 Å². The van der Waals surface area contributed by atoms with Crippen LogP contribution in [0.1, 0.15) is 16.2 Å². The van der Waals surface area contributed by atoms with Gasteiger partial charge in [-0.2, -0.15) is 0 Å². The van der Waals surface area contributed by atoms with Crippen LogP contribution in [-0.2, 0) is 4.74 Å². The lowest BCUT2D eigenvalue weighted by atomic mass is 10.3. The van der Waals surface area contributed by atoms with Crippen LogP contribution in [0.2, 0.25) is 0 Å². The number of rotatable bonds is 4. The number of methoxy groups -OCH3 is 2. The van der Waals surface area contributed by atoms with Crippen molar-refractivity contribution in [2.75, 3.05) is 19.5 Å². The molecule has 1 heterocycles. The molecule has 0 saturated heterocycles. The summed E-state index contributed by atoms with van der Waals surface area (Å²) in [5, 5.41) is 3.03. The minimum atomic E-state index is -0.501. The lowest BCUT2D eigenvalue weighted by Crippen LogP contribution is -2.09. The normalized spacial score (nSPS) is 9.95. The van der Waals surface area contributed by atoms with Crippen LogP contribution < -0.4 is 10.1 Å². The standard InChI is InChI=1S/C14H15N3O3/c1-9-8-11(13(18)20-3)17-14(15-9)16-10-6-4-5-7-12(10)19-2/h4-8H,1-3H3,(H,15,16,17). The number of benzene rings is 1. The fourth-order valence-electron chi connectivity index (χ4n) is 1.70. The Kier molecular flexibility index (Phi) is 4.14. The molecule has 0 saturated carbocycles. The van der Waals surface area contributed by atoms with E-state index in [1.165, 1.54) is 7.11 Å². The van der Waals surface area contributed by atoms with E-state index in [-0.39, 0.29) is 5.69 Å². The van der Waals surface area contributed by atoms with Crippen LogP contribution in [0.15, 0.2) is 30.3 Å². The molecule has 1 aromatic carbocycles. The average molecular weight is 273 g/mol. The first-order chi connectivity index (χ1) is 9.63. The van der Waals surface area contributed by atoms with Gasteiger partial charge in [-0.3, -0.25) is 0 Å². The average Bonchev–Trinajstić information content (AvgIpc) is 2.46. The lowest BCUT2D eigenvalue weighted by molar-refractivity contribution is 0.0594. The second-order valence-corrected chi connectivity index (χ2v) is 4.04. The fraction of sp³-hybridized carbons (Fsp3) is 0.214. The molecular formula is C14H15N3O3. The third-order valence-electron chi connectivity index (χ3n) is 2.60. The van der Waals surface area contributed by atoms with Crippen LogP contribution in [0.5, 0.6) is 5.75 Å². The van der Waals surface area contributed by atoms with Crippen LogP contribution >= 0.6 is 0 Å². The molecule has 0 radical (unpaired) electrons. The highest BCUT2D eigenvalue weighted by Crippen LogP contribution is 2.25. The van der Waals surface area contributed by atoms with Crippen molar-refractivity contribution < 1.29 is 14.3 Å². The maximum atomic E-state index is 11.5. The van der Waals surface area contributed by atoms with Gasteiger partial charge in [0.15, 0.2) is 5.69 Å². The van der Waals surface area contributed by atoms with Crippen LogP contribution in [0.3, 0.4) is 0 Å². The van der Waals surface area contributed by atoms with Gasteiger partial charge in [0.2, 0.25) is 5.95 Å². The van der Waals surface area contributed by atoms with E-state index < -0.39 is 5.97 Å². The number of carbonyl (C=O) groups excluding carboxylic acids is 1. The van der Waals surface area contributed by atoms with E-state index in [9.17, 15) is 4.79 Å². The minimum Gasteiger partial charge on any atom is -0.495 e. The molecule has 0 aliphatic heterocycles. The number of aromatic nitrogens is 2. The van der Waals surface area contributed by atoms with Crippen molar-refractivity contribution in [3.8, 4) is 5.75 Å². The molecule has 0 amide bonds. The van der Waals surface area contributed by atoms with Crippen molar-refractivity contribution in [3.05, 3.63) is 41.7 Å². The highest BCUT2D eigenvalue weighted by atomic mass is 16.5. The number of anilines is 2. The molecule has 104 valence electrons. The zero-order valence-electron chi connectivity index (χ0n) is 11.5. The van der Waals surface area contributed by atoms with Gasteiger partial charge < -0.3 is 14.8 Å². The quantitative estimate of drug-likeness (QED) is 0.862. The van der Waals surface area contributed by atoms with Gasteiger partial charge >= 0.3 is 5.97 Å². The number of esters is 1. The Morgan fingerprint density at radius 3 is 2.65 bits per heavy atom. The summed E-state index contributed by atoms with van der Waals surface area (Å²) < 4.78 is 9.90. The molecule has 0 aliphatic rings. The SMILES string of the molecule is COC(=O)c1cc(C)nc(Nc2ccccc2OC)n1. The van der Waals surface area contributed by atoms with Gasteiger partial charge in [-0.05, 0) is 25.1 Å². The summed E-state index contributed by atoms with van der Waals surface area (Å²) in [4.78, 5) is 19.9.